The summed E-state index contributed by atoms with van der Waals surface area (Å²) in [5.74, 6) is -2.11. The van der Waals surface area contributed by atoms with E-state index in [0.29, 0.717) is 5.56 Å². The van der Waals surface area contributed by atoms with Gasteiger partial charge in [-0.25, -0.2) is 4.79 Å². The van der Waals surface area contributed by atoms with Gasteiger partial charge in [0.25, 0.3) is 0 Å². The topological polar surface area (TPSA) is 57.6 Å². The standard InChI is InChI=1S/C16H20F3NO3/c1-11(14(22)23)20(10-12-7-5-4-6-8-12)13(21)9-15(2,3)16(17,18)19/h4-8,11H,9-10H2,1-3H3,(H,22,23). The first-order valence-corrected chi connectivity index (χ1v) is 7.08. The summed E-state index contributed by atoms with van der Waals surface area (Å²) < 4.78 is 38.9. The number of hydrogen-bond acceptors (Lipinski definition) is 2. The Morgan fingerprint density at radius 1 is 1.17 bits per heavy atom. The molecule has 1 aromatic rings. The van der Waals surface area contributed by atoms with Gasteiger partial charge in [-0.15, -0.1) is 0 Å². The molecule has 1 unspecified atom stereocenters. The molecule has 23 heavy (non-hydrogen) atoms. The maximum Gasteiger partial charge on any atom is 0.394 e. The largest absolute Gasteiger partial charge is 0.480 e. The molecule has 0 aliphatic rings. The molecule has 0 aliphatic carbocycles. The van der Waals surface area contributed by atoms with Crippen molar-refractivity contribution in [1.29, 1.82) is 0 Å². The molecule has 0 aliphatic heterocycles. The minimum absolute atomic E-state index is 0.0545. The summed E-state index contributed by atoms with van der Waals surface area (Å²) >= 11 is 0. The van der Waals surface area contributed by atoms with E-state index < -0.39 is 35.9 Å². The Kier molecular flexibility index (Phi) is 5.80. The van der Waals surface area contributed by atoms with Crippen LogP contribution in [0.2, 0.25) is 0 Å². The van der Waals surface area contributed by atoms with Crippen molar-refractivity contribution in [2.45, 2.75) is 46.0 Å². The van der Waals surface area contributed by atoms with Crippen LogP contribution in [0.3, 0.4) is 0 Å². The van der Waals surface area contributed by atoms with Crippen molar-refractivity contribution in [2.24, 2.45) is 5.41 Å². The highest BCUT2D eigenvalue weighted by molar-refractivity contribution is 5.83. The maximum atomic E-state index is 13.0. The van der Waals surface area contributed by atoms with Crippen LogP contribution in [0.25, 0.3) is 0 Å². The number of carbonyl (C=O) groups excluding carboxylic acids is 1. The van der Waals surface area contributed by atoms with Crippen LogP contribution in [-0.2, 0) is 16.1 Å². The SMILES string of the molecule is CC(C(=O)O)N(Cc1ccccc1)C(=O)CC(C)(C)C(F)(F)F. The van der Waals surface area contributed by atoms with E-state index >= 15 is 0 Å². The molecule has 1 rings (SSSR count). The zero-order chi connectivity index (χ0) is 17.8. The number of carboxylic acid groups (broad SMARTS) is 1. The van der Waals surface area contributed by atoms with Crippen molar-refractivity contribution in [3.63, 3.8) is 0 Å². The molecule has 0 fully saturated rings. The predicted molar refractivity (Wildman–Crippen MR) is 78.5 cm³/mol. The van der Waals surface area contributed by atoms with Gasteiger partial charge in [-0.3, -0.25) is 4.79 Å². The molecule has 0 saturated heterocycles. The van der Waals surface area contributed by atoms with Crippen LogP contribution >= 0.6 is 0 Å². The van der Waals surface area contributed by atoms with Crippen LogP contribution in [0, 0.1) is 5.41 Å². The Morgan fingerprint density at radius 3 is 2.13 bits per heavy atom. The third kappa shape index (κ3) is 4.97. The van der Waals surface area contributed by atoms with E-state index in [1.807, 2.05) is 0 Å². The molecule has 128 valence electrons. The first kappa shape index (κ1) is 19.0. The lowest BCUT2D eigenvalue weighted by Gasteiger charge is -2.32. The minimum atomic E-state index is -4.55. The summed E-state index contributed by atoms with van der Waals surface area (Å²) in [6.07, 6.45) is -5.35. The Bertz CT molecular complexity index is 555. The summed E-state index contributed by atoms with van der Waals surface area (Å²) in [7, 11) is 0. The third-order valence-corrected chi connectivity index (χ3v) is 3.70. The van der Waals surface area contributed by atoms with Gasteiger partial charge in [0, 0.05) is 13.0 Å². The zero-order valence-electron chi connectivity index (χ0n) is 13.2. The molecule has 0 aromatic heterocycles. The van der Waals surface area contributed by atoms with E-state index in [2.05, 4.69) is 0 Å². The number of halogens is 3. The van der Waals surface area contributed by atoms with Gasteiger partial charge >= 0.3 is 12.1 Å². The number of carbonyl (C=O) groups is 2. The molecule has 1 aromatic carbocycles. The van der Waals surface area contributed by atoms with Crippen molar-refractivity contribution in [3.8, 4) is 0 Å². The quantitative estimate of drug-likeness (QED) is 0.868. The van der Waals surface area contributed by atoms with Crippen molar-refractivity contribution >= 4 is 11.9 Å². The van der Waals surface area contributed by atoms with Crippen LogP contribution in [0.5, 0.6) is 0 Å². The van der Waals surface area contributed by atoms with Gasteiger partial charge in [-0.1, -0.05) is 44.2 Å². The number of hydrogen-bond donors (Lipinski definition) is 1. The van der Waals surface area contributed by atoms with E-state index in [1.165, 1.54) is 6.92 Å². The van der Waals surface area contributed by atoms with E-state index in [-0.39, 0.29) is 6.54 Å². The van der Waals surface area contributed by atoms with Gasteiger partial charge in [0.15, 0.2) is 0 Å². The monoisotopic (exact) mass is 331 g/mol. The van der Waals surface area contributed by atoms with Gasteiger partial charge in [0.05, 0.1) is 5.41 Å². The summed E-state index contributed by atoms with van der Waals surface area (Å²) in [5, 5.41) is 9.12. The van der Waals surface area contributed by atoms with Crippen molar-refractivity contribution in [1.82, 2.24) is 4.90 Å². The number of carboxylic acids is 1. The highest BCUT2D eigenvalue weighted by atomic mass is 19.4. The lowest BCUT2D eigenvalue weighted by Crippen LogP contribution is -2.46. The second-order valence-electron chi connectivity index (χ2n) is 6.08. The van der Waals surface area contributed by atoms with Gasteiger partial charge in [0.1, 0.15) is 6.04 Å². The normalized spacial score (nSPS) is 13.5. The first-order valence-electron chi connectivity index (χ1n) is 7.08. The Balaban J connectivity index is 3.00. The number of rotatable bonds is 6. The second-order valence-corrected chi connectivity index (χ2v) is 6.08. The minimum Gasteiger partial charge on any atom is -0.480 e. The van der Waals surface area contributed by atoms with E-state index in [0.717, 1.165) is 18.7 Å². The van der Waals surface area contributed by atoms with E-state index in [9.17, 15) is 22.8 Å². The lowest BCUT2D eigenvalue weighted by atomic mass is 9.87. The predicted octanol–water partition coefficient (Wildman–Crippen LogP) is 3.47. The highest BCUT2D eigenvalue weighted by Crippen LogP contribution is 2.40. The summed E-state index contributed by atoms with van der Waals surface area (Å²) in [6, 6.07) is 7.33. The molecule has 1 atom stereocenters. The Morgan fingerprint density at radius 2 is 1.70 bits per heavy atom. The molecule has 0 heterocycles. The average molecular weight is 331 g/mol. The van der Waals surface area contributed by atoms with Crippen molar-refractivity contribution < 1.29 is 27.9 Å². The van der Waals surface area contributed by atoms with Crippen molar-refractivity contribution in [2.75, 3.05) is 0 Å². The molecule has 0 spiro atoms. The maximum absolute atomic E-state index is 13.0. The molecular weight excluding hydrogens is 311 g/mol. The molecule has 0 radical (unpaired) electrons. The fraction of sp³-hybridized carbons (Fsp3) is 0.500. The molecule has 0 saturated carbocycles. The van der Waals surface area contributed by atoms with Crippen LogP contribution in [0.4, 0.5) is 13.2 Å². The fourth-order valence-corrected chi connectivity index (χ4v) is 1.93. The number of alkyl halides is 3. The average Bonchev–Trinajstić information content (AvgIpc) is 2.43. The zero-order valence-corrected chi connectivity index (χ0v) is 13.2. The lowest BCUT2D eigenvalue weighted by molar-refractivity contribution is -0.215. The van der Waals surface area contributed by atoms with E-state index in [1.54, 1.807) is 30.3 Å². The Labute approximate surface area is 132 Å². The number of benzene rings is 1. The molecule has 4 nitrogen and oxygen atoms in total. The van der Waals surface area contributed by atoms with Crippen LogP contribution in [0.1, 0.15) is 32.8 Å². The second kappa shape index (κ2) is 7.02. The van der Waals surface area contributed by atoms with Crippen molar-refractivity contribution in [3.05, 3.63) is 35.9 Å². The smallest absolute Gasteiger partial charge is 0.394 e. The Hall–Kier alpha value is -2.05. The molecular formula is C16H20F3NO3. The van der Waals surface area contributed by atoms with Gasteiger partial charge in [-0.2, -0.15) is 13.2 Å². The summed E-state index contributed by atoms with van der Waals surface area (Å²) in [6.45, 7) is 3.08. The van der Waals surface area contributed by atoms with Crippen LogP contribution < -0.4 is 0 Å². The molecule has 1 amide bonds. The van der Waals surface area contributed by atoms with Gasteiger partial charge < -0.3 is 10.0 Å². The van der Waals surface area contributed by atoms with E-state index in [4.69, 9.17) is 5.11 Å². The highest BCUT2D eigenvalue weighted by Gasteiger charge is 2.49. The number of amides is 1. The first-order chi connectivity index (χ1) is 10.5. The van der Waals surface area contributed by atoms with Gasteiger partial charge in [0.2, 0.25) is 5.91 Å². The summed E-state index contributed by atoms with van der Waals surface area (Å²) in [4.78, 5) is 24.5. The number of nitrogens with zero attached hydrogens (tertiary/aromatic N) is 1. The molecule has 7 heteroatoms. The van der Waals surface area contributed by atoms with Crippen LogP contribution in [-0.4, -0.2) is 34.1 Å². The van der Waals surface area contributed by atoms with Crippen LogP contribution in [0.15, 0.2) is 30.3 Å². The molecule has 1 N–H and O–H groups in total. The fourth-order valence-electron chi connectivity index (χ4n) is 1.93. The van der Waals surface area contributed by atoms with Gasteiger partial charge in [-0.05, 0) is 12.5 Å². The third-order valence-electron chi connectivity index (χ3n) is 3.70. The molecule has 0 bridgehead atoms. The number of aliphatic carboxylic acids is 1. The summed E-state index contributed by atoms with van der Waals surface area (Å²) in [5.41, 5.74) is -1.57.